The fraction of sp³-hybridized carbons (Fsp3) is 0.316. The highest BCUT2D eigenvalue weighted by Crippen LogP contribution is 2.24. The number of likely N-dealkylation sites (tertiary alicyclic amines) is 1. The topological polar surface area (TPSA) is 41.6 Å². The van der Waals surface area contributed by atoms with Gasteiger partial charge in [-0.15, -0.1) is 0 Å². The molecule has 0 saturated carbocycles. The Labute approximate surface area is 150 Å². The van der Waals surface area contributed by atoms with Crippen LogP contribution in [-0.2, 0) is 4.79 Å². The summed E-state index contributed by atoms with van der Waals surface area (Å²) in [5, 5.41) is 3.55. The van der Waals surface area contributed by atoms with Crippen LogP contribution in [-0.4, -0.2) is 36.5 Å². The predicted octanol–water partition coefficient (Wildman–Crippen LogP) is 3.93. The van der Waals surface area contributed by atoms with Crippen molar-refractivity contribution in [2.75, 3.05) is 25.0 Å². The van der Waals surface area contributed by atoms with E-state index >= 15 is 0 Å². The molecule has 126 valence electrons. The summed E-state index contributed by atoms with van der Waals surface area (Å²) in [6.45, 7) is 1.63. The molecular weight excluding hydrogens is 368 g/mol. The first-order valence-corrected chi connectivity index (χ1v) is 8.98. The van der Waals surface area contributed by atoms with Gasteiger partial charge in [0, 0.05) is 29.3 Å². The van der Waals surface area contributed by atoms with E-state index in [0.717, 1.165) is 41.8 Å². The lowest BCUT2D eigenvalue weighted by atomic mass is 10.0. The largest absolute Gasteiger partial charge is 0.484 e. The second kappa shape index (κ2) is 8.20. The molecule has 0 spiro atoms. The van der Waals surface area contributed by atoms with Gasteiger partial charge in [-0.1, -0.05) is 30.3 Å². The number of amides is 1. The van der Waals surface area contributed by atoms with Gasteiger partial charge in [-0.25, -0.2) is 0 Å². The molecule has 2 aromatic rings. The Morgan fingerprint density at radius 2 is 1.75 bits per heavy atom. The number of carbonyl (C=O) groups excluding carboxylic acids is 1. The summed E-state index contributed by atoms with van der Waals surface area (Å²) in [4.78, 5) is 14.2. The van der Waals surface area contributed by atoms with Crippen molar-refractivity contribution in [3.05, 3.63) is 59.1 Å². The number of anilines is 1. The summed E-state index contributed by atoms with van der Waals surface area (Å²) in [5.74, 6) is 0.787. The van der Waals surface area contributed by atoms with E-state index in [0.29, 0.717) is 6.04 Å². The van der Waals surface area contributed by atoms with Gasteiger partial charge < -0.3 is 15.0 Å². The number of nitrogens with one attached hydrogen (secondary N) is 1. The average Bonchev–Trinajstić information content (AvgIpc) is 2.63. The standard InChI is InChI=1S/C19H21BrN2O2/c20-17-8-4-5-9-18(17)21-15-10-12-22(13-11-15)19(23)14-24-16-6-2-1-3-7-16/h1-9,15,21H,10-14H2. The Morgan fingerprint density at radius 3 is 2.46 bits per heavy atom. The van der Waals surface area contributed by atoms with Gasteiger partial charge in [-0.2, -0.15) is 0 Å². The van der Waals surface area contributed by atoms with Crippen molar-refractivity contribution in [1.29, 1.82) is 0 Å². The Morgan fingerprint density at radius 1 is 1.08 bits per heavy atom. The summed E-state index contributed by atoms with van der Waals surface area (Å²) in [6, 6.07) is 18.0. The maximum absolute atomic E-state index is 12.3. The van der Waals surface area contributed by atoms with Gasteiger partial charge in [-0.05, 0) is 53.0 Å². The van der Waals surface area contributed by atoms with Crippen LogP contribution in [0.1, 0.15) is 12.8 Å². The quantitative estimate of drug-likeness (QED) is 0.843. The third-order valence-corrected chi connectivity index (χ3v) is 4.88. The molecule has 1 amide bonds. The van der Waals surface area contributed by atoms with Gasteiger partial charge in [-0.3, -0.25) is 4.79 Å². The SMILES string of the molecule is O=C(COc1ccccc1)N1CCC(Nc2ccccc2Br)CC1. The first-order valence-electron chi connectivity index (χ1n) is 8.19. The maximum Gasteiger partial charge on any atom is 0.260 e. The summed E-state index contributed by atoms with van der Waals surface area (Å²) in [5.41, 5.74) is 1.11. The van der Waals surface area contributed by atoms with Crippen molar-refractivity contribution in [1.82, 2.24) is 4.90 Å². The van der Waals surface area contributed by atoms with Gasteiger partial charge in [0.1, 0.15) is 5.75 Å². The number of benzene rings is 2. The molecule has 1 aliphatic heterocycles. The highest BCUT2D eigenvalue weighted by atomic mass is 79.9. The van der Waals surface area contributed by atoms with Crippen LogP contribution < -0.4 is 10.1 Å². The molecule has 1 aliphatic rings. The van der Waals surface area contributed by atoms with E-state index in [2.05, 4.69) is 27.3 Å². The van der Waals surface area contributed by atoms with Crippen molar-refractivity contribution in [2.45, 2.75) is 18.9 Å². The molecule has 1 heterocycles. The number of rotatable bonds is 5. The second-order valence-electron chi connectivity index (χ2n) is 5.88. The van der Waals surface area contributed by atoms with Crippen LogP contribution in [0.4, 0.5) is 5.69 Å². The fourth-order valence-corrected chi connectivity index (χ4v) is 3.22. The molecule has 0 aliphatic carbocycles. The molecule has 5 heteroatoms. The van der Waals surface area contributed by atoms with E-state index in [4.69, 9.17) is 4.74 Å². The van der Waals surface area contributed by atoms with Gasteiger partial charge in [0.25, 0.3) is 5.91 Å². The third-order valence-electron chi connectivity index (χ3n) is 4.19. The van der Waals surface area contributed by atoms with E-state index in [1.807, 2.05) is 53.4 Å². The minimum Gasteiger partial charge on any atom is -0.484 e. The Bertz CT molecular complexity index is 670. The minimum absolute atomic E-state index is 0.0539. The Kier molecular flexibility index (Phi) is 5.75. The molecule has 1 N–H and O–H groups in total. The van der Waals surface area contributed by atoms with E-state index in [9.17, 15) is 4.79 Å². The van der Waals surface area contributed by atoms with Crippen LogP contribution in [0.2, 0.25) is 0 Å². The van der Waals surface area contributed by atoms with Crippen LogP contribution in [0.15, 0.2) is 59.1 Å². The Hall–Kier alpha value is -2.01. The normalized spacial score (nSPS) is 15.1. The van der Waals surface area contributed by atoms with Crippen molar-refractivity contribution in [3.63, 3.8) is 0 Å². The number of piperidine rings is 1. The van der Waals surface area contributed by atoms with Crippen LogP contribution in [0.25, 0.3) is 0 Å². The summed E-state index contributed by atoms with van der Waals surface area (Å²) >= 11 is 3.56. The van der Waals surface area contributed by atoms with Crippen molar-refractivity contribution in [3.8, 4) is 5.75 Å². The number of hydrogen-bond acceptors (Lipinski definition) is 3. The molecule has 0 atom stereocenters. The number of nitrogens with zero attached hydrogens (tertiary/aromatic N) is 1. The first-order chi connectivity index (χ1) is 11.7. The van der Waals surface area contributed by atoms with Gasteiger partial charge in [0.15, 0.2) is 6.61 Å². The van der Waals surface area contributed by atoms with E-state index < -0.39 is 0 Å². The van der Waals surface area contributed by atoms with Crippen molar-refractivity contribution in [2.24, 2.45) is 0 Å². The number of ether oxygens (including phenoxy) is 1. The molecule has 0 aromatic heterocycles. The monoisotopic (exact) mass is 388 g/mol. The van der Waals surface area contributed by atoms with Crippen LogP contribution in [0.5, 0.6) is 5.75 Å². The van der Waals surface area contributed by atoms with E-state index in [1.165, 1.54) is 0 Å². The maximum atomic E-state index is 12.3. The zero-order valence-corrected chi connectivity index (χ0v) is 15.0. The second-order valence-corrected chi connectivity index (χ2v) is 6.74. The molecule has 0 bridgehead atoms. The van der Waals surface area contributed by atoms with Crippen molar-refractivity contribution >= 4 is 27.5 Å². The van der Waals surface area contributed by atoms with Crippen molar-refractivity contribution < 1.29 is 9.53 Å². The zero-order chi connectivity index (χ0) is 16.8. The third kappa shape index (κ3) is 4.51. The predicted molar refractivity (Wildman–Crippen MR) is 99.3 cm³/mol. The van der Waals surface area contributed by atoms with Gasteiger partial charge >= 0.3 is 0 Å². The van der Waals surface area contributed by atoms with Crippen LogP contribution >= 0.6 is 15.9 Å². The highest BCUT2D eigenvalue weighted by molar-refractivity contribution is 9.10. The summed E-state index contributed by atoms with van der Waals surface area (Å²) in [7, 11) is 0. The van der Waals surface area contributed by atoms with E-state index in [1.54, 1.807) is 0 Å². The summed E-state index contributed by atoms with van der Waals surface area (Å²) in [6.07, 6.45) is 1.89. The Balaban J connectivity index is 1.44. The average molecular weight is 389 g/mol. The van der Waals surface area contributed by atoms with Gasteiger partial charge in [0.2, 0.25) is 0 Å². The lowest BCUT2D eigenvalue weighted by Gasteiger charge is -2.33. The highest BCUT2D eigenvalue weighted by Gasteiger charge is 2.23. The molecule has 24 heavy (non-hydrogen) atoms. The molecule has 0 unspecified atom stereocenters. The molecule has 3 rings (SSSR count). The lowest BCUT2D eigenvalue weighted by Crippen LogP contribution is -2.44. The number of carbonyl (C=O) groups is 1. The molecule has 1 fully saturated rings. The van der Waals surface area contributed by atoms with Gasteiger partial charge in [0.05, 0.1) is 0 Å². The molecule has 2 aromatic carbocycles. The smallest absolute Gasteiger partial charge is 0.260 e. The first kappa shape index (κ1) is 16.8. The molecular formula is C19H21BrN2O2. The molecule has 1 saturated heterocycles. The summed E-state index contributed by atoms with van der Waals surface area (Å²) < 4.78 is 6.62. The lowest BCUT2D eigenvalue weighted by molar-refractivity contribution is -0.134. The van der Waals surface area contributed by atoms with E-state index in [-0.39, 0.29) is 12.5 Å². The number of para-hydroxylation sites is 2. The van der Waals surface area contributed by atoms with Crippen LogP contribution in [0, 0.1) is 0 Å². The van der Waals surface area contributed by atoms with Crippen LogP contribution in [0.3, 0.4) is 0 Å². The number of hydrogen-bond donors (Lipinski definition) is 1. The molecule has 0 radical (unpaired) electrons. The minimum atomic E-state index is 0.0539. The number of halogens is 1. The zero-order valence-electron chi connectivity index (χ0n) is 13.5. The fourth-order valence-electron chi connectivity index (χ4n) is 2.82. The molecule has 4 nitrogen and oxygen atoms in total.